The van der Waals surface area contributed by atoms with Gasteiger partial charge >= 0.3 is 5.97 Å². The van der Waals surface area contributed by atoms with Crippen LogP contribution in [0.25, 0.3) is 11.4 Å². The molecule has 1 saturated heterocycles. The Hall–Kier alpha value is -3.59. The van der Waals surface area contributed by atoms with E-state index in [1.807, 2.05) is 34.6 Å². The molecule has 0 radical (unpaired) electrons. The van der Waals surface area contributed by atoms with Gasteiger partial charge in [0.15, 0.2) is 17.7 Å². The van der Waals surface area contributed by atoms with Crippen LogP contribution in [0.4, 0.5) is 10.1 Å². The molecule has 0 unspecified atom stereocenters. The first kappa shape index (κ1) is 31.3. The van der Waals surface area contributed by atoms with Gasteiger partial charge in [0.1, 0.15) is 5.82 Å². The zero-order valence-corrected chi connectivity index (χ0v) is 25.8. The maximum atomic E-state index is 13.2. The number of carbonyl (C=O) groups is 1. The number of hydrogen-bond acceptors (Lipinski definition) is 7. The van der Waals surface area contributed by atoms with E-state index in [-0.39, 0.29) is 11.2 Å². The molecule has 3 heterocycles. The van der Waals surface area contributed by atoms with Crippen molar-refractivity contribution in [3.05, 3.63) is 65.0 Å². The van der Waals surface area contributed by atoms with Crippen LogP contribution in [0.2, 0.25) is 0 Å². The van der Waals surface area contributed by atoms with Crippen LogP contribution in [0.15, 0.2) is 36.7 Å². The Balaban J connectivity index is 1.72. The number of aliphatic carboxylic acids is 1. The predicted molar refractivity (Wildman–Crippen MR) is 161 cm³/mol. The topological polar surface area (TPSA) is 97.7 Å². The molecule has 1 fully saturated rings. The number of ether oxygens (including phenoxy) is 2. The molecule has 0 spiro atoms. The van der Waals surface area contributed by atoms with Crippen molar-refractivity contribution in [2.24, 2.45) is 5.41 Å². The quantitative estimate of drug-likeness (QED) is 0.263. The van der Waals surface area contributed by atoms with E-state index < -0.39 is 17.7 Å². The minimum atomic E-state index is -1.20. The van der Waals surface area contributed by atoms with Crippen molar-refractivity contribution in [1.29, 1.82) is 0 Å². The monoisotopic (exact) mass is 578 g/mol. The lowest BCUT2D eigenvalue weighted by Gasteiger charge is -2.40. The number of halogens is 1. The average Bonchev–Trinajstić information content (AvgIpc) is 2.94. The van der Waals surface area contributed by atoms with Crippen LogP contribution in [0.3, 0.4) is 0 Å². The number of pyridine rings is 1. The molecule has 1 aliphatic heterocycles. The van der Waals surface area contributed by atoms with Crippen molar-refractivity contribution in [3.63, 3.8) is 0 Å². The van der Waals surface area contributed by atoms with Gasteiger partial charge in [-0.3, -0.25) is 4.98 Å². The highest BCUT2D eigenvalue weighted by Crippen LogP contribution is 2.43. The summed E-state index contributed by atoms with van der Waals surface area (Å²) in [6.45, 7) is 15.9. The molecule has 1 atom stereocenters. The number of carboxylic acids is 1. The fourth-order valence-corrected chi connectivity index (χ4v) is 5.05. The number of anilines is 1. The molecular weight excluding hydrogens is 535 g/mol. The summed E-state index contributed by atoms with van der Waals surface area (Å²) in [4.78, 5) is 29.0. The molecule has 226 valence electrons. The number of piperidine rings is 1. The van der Waals surface area contributed by atoms with Gasteiger partial charge in [-0.2, -0.15) is 0 Å². The standard InChI is InChI=1S/C33H43FN4O4/c1-8-33(6,7)42-29(31(39)40)27-22(3)35-19-25(28(27)38-16-14-32(4,5)15-17-38)30-36-20-26(21(2)37-30)41-18-13-23-9-11-24(34)12-10-23/h9-12,19-20,29H,8,13-18H2,1-7H3,(H,39,40)/t29-/m0/s1. The van der Waals surface area contributed by atoms with E-state index in [4.69, 9.17) is 14.5 Å². The van der Waals surface area contributed by atoms with Crippen molar-refractivity contribution >= 4 is 11.7 Å². The van der Waals surface area contributed by atoms with Gasteiger partial charge in [-0.1, -0.05) is 32.9 Å². The van der Waals surface area contributed by atoms with Gasteiger partial charge in [0.25, 0.3) is 0 Å². The molecule has 3 aromatic rings. The van der Waals surface area contributed by atoms with E-state index in [1.54, 1.807) is 24.5 Å². The zero-order valence-electron chi connectivity index (χ0n) is 25.8. The maximum absolute atomic E-state index is 13.2. The molecule has 0 bridgehead atoms. The van der Waals surface area contributed by atoms with E-state index in [1.165, 1.54) is 12.1 Å². The van der Waals surface area contributed by atoms with Gasteiger partial charge < -0.3 is 19.5 Å². The first-order valence-corrected chi connectivity index (χ1v) is 14.7. The Kier molecular flexibility index (Phi) is 9.50. The van der Waals surface area contributed by atoms with Gasteiger partial charge in [0.2, 0.25) is 0 Å². The van der Waals surface area contributed by atoms with Crippen LogP contribution in [0.1, 0.15) is 82.5 Å². The molecule has 2 aromatic heterocycles. The Labute approximate surface area is 248 Å². The number of rotatable bonds is 11. The fraction of sp³-hybridized carbons (Fsp3) is 0.515. The molecule has 1 aliphatic rings. The lowest BCUT2D eigenvalue weighted by Crippen LogP contribution is -2.39. The zero-order chi connectivity index (χ0) is 30.7. The van der Waals surface area contributed by atoms with Gasteiger partial charge in [-0.15, -0.1) is 0 Å². The van der Waals surface area contributed by atoms with Crippen LogP contribution in [0.5, 0.6) is 5.75 Å². The van der Waals surface area contributed by atoms with Crippen molar-refractivity contribution in [2.45, 2.75) is 85.9 Å². The third kappa shape index (κ3) is 7.43. The maximum Gasteiger partial charge on any atom is 0.337 e. The van der Waals surface area contributed by atoms with Gasteiger partial charge in [-0.05, 0) is 70.1 Å². The van der Waals surface area contributed by atoms with E-state index in [2.05, 4.69) is 28.7 Å². The average molecular weight is 579 g/mol. The molecule has 0 aliphatic carbocycles. The Morgan fingerprint density at radius 2 is 1.76 bits per heavy atom. The first-order chi connectivity index (χ1) is 19.8. The lowest BCUT2D eigenvalue weighted by molar-refractivity contribution is -0.162. The molecule has 4 rings (SSSR count). The SMILES string of the molecule is CCC(C)(C)O[C@H](C(=O)O)c1c(C)ncc(-c2ncc(OCCc3ccc(F)cc3)c(C)n2)c1N1CCC(C)(C)CC1. The second-order valence-corrected chi connectivity index (χ2v) is 12.5. The molecule has 1 N–H and O–H groups in total. The van der Waals surface area contributed by atoms with Crippen LogP contribution >= 0.6 is 0 Å². The van der Waals surface area contributed by atoms with Crippen molar-refractivity contribution in [3.8, 4) is 17.1 Å². The number of hydrogen-bond donors (Lipinski definition) is 1. The highest BCUT2D eigenvalue weighted by atomic mass is 19.1. The summed E-state index contributed by atoms with van der Waals surface area (Å²) in [7, 11) is 0. The lowest BCUT2D eigenvalue weighted by atomic mass is 9.82. The Morgan fingerprint density at radius 1 is 1.10 bits per heavy atom. The highest BCUT2D eigenvalue weighted by Gasteiger charge is 2.36. The van der Waals surface area contributed by atoms with Crippen LogP contribution < -0.4 is 9.64 Å². The van der Waals surface area contributed by atoms with Crippen LogP contribution in [-0.2, 0) is 16.0 Å². The summed E-state index contributed by atoms with van der Waals surface area (Å²) in [5, 5.41) is 10.4. The third-order valence-corrected chi connectivity index (χ3v) is 8.23. The molecular formula is C33H43FN4O4. The molecule has 0 amide bonds. The molecule has 0 saturated carbocycles. The van der Waals surface area contributed by atoms with Crippen molar-refractivity contribution in [1.82, 2.24) is 15.0 Å². The summed E-state index contributed by atoms with van der Waals surface area (Å²) in [5.74, 6) is -0.319. The van der Waals surface area contributed by atoms with Gasteiger partial charge in [0, 0.05) is 37.0 Å². The summed E-state index contributed by atoms with van der Waals surface area (Å²) in [6, 6.07) is 6.36. The van der Waals surface area contributed by atoms with E-state index in [0.717, 1.165) is 37.2 Å². The second kappa shape index (κ2) is 12.7. The number of nitrogens with zero attached hydrogens (tertiary/aromatic N) is 4. The number of carboxylic acid groups (broad SMARTS) is 1. The molecule has 1 aromatic carbocycles. The molecule has 42 heavy (non-hydrogen) atoms. The van der Waals surface area contributed by atoms with E-state index in [0.29, 0.717) is 53.5 Å². The first-order valence-electron chi connectivity index (χ1n) is 14.7. The minimum absolute atomic E-state index is 0.200. The normalized spacial score (nSPS) is 15.9. The van der Waals surface area contributed by atoms with E-state index in [9.17, 15) is 14.3 Å². The predicted octanol–water partition coefficient (Wildman–Crippen LogP) is 6.87. The molecule has 8 nitrogen and oxygen atoms in total. The number of aryl methyl sites for hydroxylation is 2. The summed E-state index contributed by atoms with van der Waals surface area (Å²) >= 11 is 0. The smallest absolute Gasteiger partial charge is 0.337 e. The molecule has 9 heteroatoms. The Morgan fingerprint density at radius 3 is 2.36 bits per heavy atom. The van der Waals surface area contributed by atoms with Crippen molar-refractivity contribution in [2.75, 3.05) is 24.6 Å². The van der Waals surface area contributed by atoms with Crippen molar-refractivity contribution < 1.29 is 23.8 Å². The van der Waals surface area contributed by atoms with Crippen LogP contribution in [-0.4, -0.2) is 51.3 Å². The fourth-order valence-electron chi connectivity index (χ4n) is 5.05. The minimum Gasteiger partial charge on any atom is -0.490 e. The summed E-state index contributed by atoms with van der Waals surface area (Å²) < 4.78 is 25.4. The Bertz CT molecular complexity index is 1400. The second-order valence-electron chi connectivity index (χ2n) is 12.5. The highest BCUT2D eigenvalue weighted by molar-refractivity contribution is 5.84. The largest absolute Gasteiger partial charge is 0.490 e. The number of benzene rings is 1. The third-order valence-electron chi connectivity index (χ3n) is 8.23. The summed E-state index contributed by atoms with van der Waals surface area (Å²) in [6.07, 6.45) is 5.39. The van der Waals surface area contributed by atoms with E-state index >= 15 is 0 Å². The van der Waals surface area contributed by atoms with Gasteiger partial charge in [0.05, 0.1) is 35.3 Å². The van der Waals surface area contributed by atoms with Gasteiger partial charge in [-0.25, -0.2) is 19.2 Å². The summed E-state index contributed by atoms with van der Waals surface area (Å²) in [5.41, 5.74) is 3.77. The number of aromatic nitrogens is 3. The van der Waals surface area contributed by atoms with Crippen LogP contribution in [0, 0.1) is 25.1 Å².